The van der Waals surface area contributed by atoms with Crippen LogP contribution in [0.4, 0.5) is 5.95 Å². The van der Waals surface area contributed by atoms with Gasteiger partial charge >= 0.3 is 5.69 Å². The summed E-state index contributed by atoms with van der Waals surface area (Å²) >= 11 is 0. The maximum Gasteiger partial charge on any atom is 0.380 e. The molecule has 0 unspecified atom stereocenters. The van der Waals surface area contributed by atoms with Gasteiger partial charge in [0.15, 0.2) is 0 Å². The van der Waals surface area contributed by atoms with E-state index >= 15 is 0 Å². The van der Waals surface area contributed by atoms with Crippen LogP contribution in [0.1, 0.15) is 0 Å². The van der Waals surface area contributed by atoms with Crippen LogP contribution in [-0.4, -0.2) is 20.4 Å². The molecule has 0 amide bonds. The molecule has 0 bridgehead atoms. The van der Waals surface area contributed by atoms with Gasteiger partial charge in [-0.3, -0.25) is 0 Å². The molecule has 1 heterocycles. The van der Waals surface area contributed by atoms with Crippen LogP contribution in [0.2, 0.25) is 0 Å². The first-order valence-electron chi connectivity index (χ1n) is 1.84. The van der Waals surface area contributed by atoms with Gasteiger partial charge in [-0.15, -0.1) is 10.2 Å². The number of H-pyrrole nitrogens is 1. The second-order valence-corrected chi connectivity index (χ2v) is 1.09. The predicted molar refractivity (Wildman–Crippen MR) is 24.9 cm³/mol. The summed E-state index contributed by atoms with van der Waals surface area (Å²) in [4.78, 5) is 10.1. The van der Waals surface area contributed by atoms with Crippen molar-refractivity contribution >= 4 is 5.95 Å². The van der Waals surface area contributed by atoms with Crippen molar-refractivity contribution in [3.63, 3.8) is 0 Å². The Bertz CT molecular complexity index is 208. The first-order valence-corrected chi connectivity index (χ1v) is 1.84. The minimum Gasteiger partial charge on any atom is -0.365 e. The zero-order chi connectivity index (χ0) is 5.98. The first-order chi connectivity index (χ1) is 3.79. The second-order valence-electron chi connectivity index (χ2n) is 1.09. The summed E-state index contributed by atoms with van der Waals surface area (Å²) in [5.41, 5.74) is 4.37. The Kier molecular flexibility index (Phi) is 0.918. The summed E-state index contributed by atoms with van der Waals surface area (Å²) in [6.07, 6.45) is 0. The van der Waals surface area contributed by atoms with Gasteiger partial charge in [0.25, 0.3) is 5.95 Å². The van der Waals surface area contributed by atoms with E-state index in [4.69, 9.17) is 5.73 Å². The topological polar surface area (TPSA) is 97.5 Å². The van der Waals surface area contributed by atoms with Crippen LogP contribution in [0.3, 0.4) is 0 Å². The number of nitrogen functional groups attached to an aromatic ring is 1. The number of nitrogens with two attached hydrogens (primary N) is 1. The van der Waals surface area contributed by atoms with Crippen molar-refractivity contribution in [2.24, 2.45) is 0 Å². The van der Waals surface area contributed by atoms with E-state index in [1.165, 1.54) is 0 Å². The summed E-state index contributed by atoms with van der Waals surface area (Å²) in [5.74, 6) is -0.0374. The highest BCUT2D eigenvalue weighted by Crippen LogP contribution is 1.70. The Morgan fingerprint density at radius 3 is 2.62 bits per heavy atom. The van der Waals surface area contributed by atoms with E-state index in [2.05, 4.69) is 15.3 Å². The molecule has 0 aromatic carbocycles. The molecule has 1 rings (SSSR count). The van der Waals surface area contributed by atoms with E-state index in [0.29, 0.717) is 0 Å². The van der Waals surface area contributed by atoms with Crippen LogP contribution in [0.5, 0.6) is 0 Å². The molecule has 8 heavy (non-hydrogen) atoms. The molecular weight excluding hydrogens is 110 g/mol. The van der Waals surface area contributed by atoms with Crippen LogP contribution in [0.25, 0.3) is 0 Å². The van der Waals surface area contributed by atoms with E-state index in [9.17, 15) is 4.79 Å². The molecule has 0 atom stereocenters. The monoisotopic (exact) mass is 113 g/mol. The highest BCUT2D eigenvalue weighted by Gasteiger charge is 1.84. The number of aromatic nitrogens is 4. The molecule has 6 nitrogen and oxygen atoms in total. The lowest BCUT2D eigenvalue weighted by atomic mass is 11.1. The van der Waals surface area contributed by atoms with Gasteiger partial charge in [0.2, 0.25) is 0 Å². The van der Waals surface area contributed by atoms with Gasteiger partial charge in [0.05, 0.1) is 0 Å². The Morgan fingerprint density at radius 2 is 2.25 bits per heavy atom. The van der Waals surface area contributed by atoms with Gasteiger partial charge in [-0.25, -0.2) is 9.89 Å². The second kappa shape index (κ2) is 1.57. The average Bonchev–Trinajstić information content (AvgIpc) is 1.77. The largest absolute Gasteiger partial charge is 0.380 e. The quantitative estimate of drug-likeness (QED) is 0.411. The summed E-state index contributed by atoms with van der Waals surface area (Å²) in [6, 6.07) is 0. The van der Waals surface area contributed by atoms with Crippen LogP contribution in [-0.2, 0) is 0 Å². The van der Waals surface area contributed by atoms with Gasteiger partial charge in [0, 0.05) is 0 Å². The van der Waals surface area contributed by atoms with Crippen molar-refractivity contribution in [3.8, 4) is 0 Å². The Hall–Kier alpha value is -1.46. The lowest BCUT2D eigenvalue weighted by Gasteiger charge is -1.81. The normalized spacial score (nSPS) is 9.00. The third-order valence-corrected chi connectivity index (χ3v) is 0.509. The van der Waals surface area contributed by atoms with Crippen molar-refractivity contribution in [2.75, 3.05) is 5.73 Å². The molecule has 3 N–H and O–H groups in total. The Morgan fingerprint density at radius 1 is 1.50 bits per heavy atom. The van der Waals surface area contributed by atoms with E-state index in [-0.39, 0.29) is 5.95 Å². The summed E-state index contributed by atoms with van der Waals surface area (Å²) in [6.45, 7) is 0. The standard InChI is InChI=1S/C2H3N5O/c3-1-4-6-2(8)7-5-1/h(H2,3,4,5)(H,6,7,8). The third-order valence-electron chi connectivity index (χ3n) is 0.509. The van der Waals surface area contributed by atoms with E-state index in [0.717, 1.165) is 0 Å². The number of nitrogens with zero attached hydrogens (tertiary/aromatic N) is 3. The van der Waals surface area contributed by atoms with Crippen LogP contribution in [0, 0.1) is 0 Å². The number of anilines is 1. The van der Waals surface area contributed by atoms with E-state index < -0.39 is 5.69 Å². The number of nitrogens with one attached hydrogen (secondary N) is 1. The summed E-state index contributed by atoms with van der Waals surface area (Å²) < 4.78 is 0. The zero-order valence-corrected chi connectivity index (χ0v) is 3.83. The number of rotatable bonds is 0. The highest BCUT2D eigenvalue weighted by atomic mass is 16.1. The van der Waals surface area contributed by atoms with Crippen molar-refractivity contribution < 1.29 is 0 Å². The molecule has 1 aromatic rings. The summed E-state index contributed by atoms with van der Waals surface area (Å²) in [7, 11) is 0. The highest BCUT2D eigenvalue weighted by molar-refractivity contribution is 5.05. The number of hydrogen-bond acceptors (Lipinski definition) is 5. The molecule has 1 aromatic heterocycles. The first kappa shape index (κ1) is 4.69. The third kappa shape index (κ3) is 0.780. The predicted octanol–water partition coefficient (Wildman–Crippen LogP) is -1.86. The molecule has 0 fully saturated rings. The van der Waals surface area contributed by atoms with Crippen LogP contribution < -0.4 is 11.4 Å². The molecule has 0 radical (unpaired) electrons. The van der Waals surface area contributed by atoms with Crippen molar-refractivity contribution in [1.82, 2.24) is 20.4 Å². The van der Waals surface area contributed by atoms with Gasteiger partial charge in [-0.2, -0.15) is 0 Å². The molecular formula is C2H3N5O. The Balaban J connectivity index is 3.22. The van der Waals surface area contributed by atoms with E-state index in [1.807, 2.05) is 5.10 Å². The minimum absolute atomic E-state index is 0.0374. The molecule has 42 valence electrons. The van der Waals surface area contributed by atoms with Crippen molar-refractivity contribution in [3.05, 3.63) is 10.5 Å². The minimum atomic E-state index is -0.598. The molecule has 6 heteroatoms. The number of aromatic amines is 1. The molecule has 0 saturated carbocycles. The zero-order valence-electron chi connectivity index (χ0n) is 3.83. The van der Waals surface area contributed by atoms with E-state index in [1.54, 1.807) is 0 Å². The van der Waals surface area contributed by atoms with Crippen molar-refractivity contribution in [2.45, 2.75) is 0 Å². The Labute approximate surface area is 43.7 Å². The lowest BCUT2D eigenvalue weighted by Crippen LogP contribution is -2.15. The number of hydrogen-bond donors (Lipinski definition) is 2. The summed E-state index contributed by atoms with van der Waals surface area (Å²) in [5, 5.41) is 11.4. The average molecular weight is 113 g/mol. The van der Waals surface area contributed by atoms with Crippen LogP contribution in [0.15, 0.2) is 4.79 Å². The maximum absolute atomic E-state index is 10.1. The van der Waals surface area contributed by atoms with Gasteiger partial charge in [-0.1, -0.05) is 5.10 Å². The molecule has 0 aliphatic heterocycles. The van der Waals surface area contributed by atoms with Gasteiger partial charge in [-0.05, 0) is 0 Å². The SMILES string of the molecule is Nc1nnc(=O)[nH]n1. The lowest BCUT2D eigenvalue weighted by molar-refractivity contribution is 0.823. The fraction of sp³-hybridized carbons (Fsp3) is 0. The maximum atomic E-state index is 10.1. The van der Waals surface area contributed by atoms with Crippen molar-refractivity contribution in [1.29, 1.82) is 0 Å². The fourth-order valence-electron chi connectivity index (χ4n) is 0.246. The molecule has 0 saturated heterocycles. The molecule has 0 spiro atoms. The molecule has 0 aliphatic rings. The van der Waals surface area contributed by atoms with Crippen LogP contribution >= 0.6 is 0 Å². The molecule has 0 aliphatic carbocycles. The van der Waals surface area contributed by atoms with Gasteiger partial charge in [0.1, 0.15) is 0 Å². The fourth-order valence-corrected chi connectivity index (χ4v) is 0.246. The van der Waals surface area contributed by atoms with Gasteiger partial charge < -0.3 is 5.73 Å². The smallest absolute Gasteiger partial charge is 0.365 e.